The Morgan fingerprint density at radius 1 is 1.38 bits per heavy atom. The first-order valence-electron chi connectivity index (χ1n) is 5.61. The molecule has 2 rings (SSSR count). The van der Waals surface area contributed by atoms with E-state index in [2.05, 4.69) is 4.90 Å². The lowest BCUT2D eigenvalue weighted by molar-refractivity contribution is 0.0890. The van der Waals surface area contributed by atoms with E-state index in [9.17, 15) is 4.79 Å². The summed E-state index contributed by atoms with van der Waals surface area (Å²) in [6, 6.07) is 7.42. The SMILES string of the molecule is COc1ccc(C(=O)C2CCCN2C)cc1. The van der Waals surface area contributed by atoms with Crippen molar-refractivity contribution < 1.29 is 9.53 Å². The highest BCUT2D eigenvalue weighted by atomic mass is 16.5. The first-order valence-corrected chi connectivity index (χ1v) is 5.61. The van der Waals surface area contributed by atoms with E-state index in [1.54, 1.807) is 7.11 Å². The maximum Gasteiger partial charge on any atom is 0.179 e. The molecule has 86 valence electrons. The van der Waals surface area contributed by atoms with Crippen LogP contribution in [0.5, 0.6) is 5.75 Å². The molecule has 0 bridgehead atoms. The fourth-order valence-electron chi connectivity index (χ4n) is 2.19. The van der Waals surface area contributed by atoms with E-state index < -0.39 is 0 Å². The molecular formula is C13H17NO2. The first-order chi connectivity index (χ1) is 7.72. The molecule has 1 aliphatic heterocycles. The number of likely N-dealkylation sites (N-methyl/N-ethyl adjacent to an activating group) is 1. The Morgan fingerprint density at radius 3 is 2.56 bits per heavy atom. The van der Waals surface area contributed by atoms with Gasteiger partial charge in [-0.05, 0) is 50.7 Å². The van der Waals surface area contributed by atoms with Gasteiger partial charge in [-0.2, -0.15) is 0 Å². The summed E-state index contributed by atoms with van der Waals surface area (Å²) in [5.74, 6) is 1.01. The Kier molecular flexibility index (Phi) is 3.25. The standard InChI is InChI=1S/C13H17NO2/c1-14-9-3-4-12(14)13(15)10-5-7-11(16-2)8-6-10/h5-8,12H,3-4,9H2,1-2H3. The number of carbonyl (C=O) groups is 1. The van der Waals surface area contributed by atoms with Crippen molar-refractivity contribution >= 4 is 5.78 Å². The normalized spacial score (nSPS) is 21.0. The molecule has 0 amide bonds. The predicted molar refractivity (Wildman–Crippen MR) is 63.0 cm³/mol. The van der Waals surface area contributed by atoms with Gasteiger partial charge in [0, 0.05) is 5.56 Å². The van der Waals surface area contributed by atoms with E-state index in [1.165, 1.54) is 0 Å². The summed E-state index contributed by atoms with van der Waals surface area (Å²) in [6.07, 6.45) is 2.09. The molecule has 1 aromatic carbocycles. The summed E-state index contributed by atoms with van der Waals surface area (Å²) in [5, 5.41) is 0. The van der Waals surface area contributed by atoms with E-state index >= 15 is 0 Å². The van der Waals surface area contributed by atoms with Crippen LogP contribution >= 0.6 is 0 Å². The minimum absolute atomic E-state index is 0.0633. The number of nitrogens with zero attached hydrogens (tertiary/aromatic N) is 1. The number of benzene rings is 1. The Balaban J connectivity index is 2.14. The highest BCUT2D eigenvalue weighted by molar-refractivity contribution is 6.00. The van der Waals surface area contributed by atoms with Crippen molar-refractivity contribution in [2.45, 2.75) is 18.9 Å². The van der Waals surface area contributed by atoms with Gasteiger partial charge in [-0.25, -0.2) is 0 Å². The highest BCUT2D eigenvalue weighted by Crippen LogP contribution is 2.20. The van der Waals surface area contributed by atoms with Gasteiger partial charge < -0.3 is 4.74 Å². The monoisotopic (exact) mass is 219 g/mol. The zero-order valence-electron chi connectivity index (χ0n) is 9.77. The van der Waals surface area contributed by atoms with Gasteiger partial charge in [-0.3, -0.25) is 9.69 Å². The molecule has 1 aliphatic rings. The van der Waals surface area contributed by atoms with E-state index in [4.69, 9.17) is 4.74 Å². The molecule has 16 heavy (non-hydrogen) atoms. The summed E-state index contributed by atoms with van der Waals surface area (Å²) >= 11 is 0. The van der Waals surface area contributed by atoms with Crippen LogP contribution < -0.4 is 4.74 Å². The molecule has 0 N–H and O–H groups in total. The molecule has 1 saturated heterocycles. The fraction of sp³-hybridized carbons (Fsp3) is 0.462. The van der Waals surface area contributed by atoms with E-state index in [0.717, 1.165) is 30.7 Å². The highest BCUT2D eigenvalue weighted by Gasteiger charge is 2.28. The Morgan fingerprint density at radius 2 is 2.06 bits per heavy atom. The van der Waals surface area contributed by atoms with Gasteiger partial charge in [0.05, 0.1) is 13.2 Å². The van der Waals surface area contributed by atoms with Crippen molar-refractivity contribution in [3.05, 3.63) is 29.8 Å². The van der Waals surface area contributed by atoms with Crippen LogP contribution in [0.25, 0.3) is 0 Å². The van der Waals surface area contributed by atoms with Gasteiger partial charge in [0.25, 0.3) is 0 Å². The third-order valence-electron chi connectivity index (χ3n) is 3.20. The van der Waals surface area contributed by atoms with Gasteiger partial charge in [-0.15, -0.1) is 0 Å². The Bertz CT molecular complexity index is 372. The van der Waals surface area contributed by atoms with Crippen LogP contribution in [0.2, 0.25) is 0 Å². The number of ether oxygens (including phenoxy) is 1. The van der Waals surface area contributed by atoms with Gasteiger partial charge >= 0.3 is 0 Å². The Labute approximate surface area is 96.0 Å². The van der Waals surface area contributed by atoms with E-state index in [0.29, 0.717) is 0 Å². The molecule has 0 aromatic heterocycles. The van der Waals surface area contributed by atoms with Gasteiger partial charge in [0.15, 0.2) is 5.78 Å². The second-order valence-corrected chi connectivity index (χ2v) is 4.23. The van der Waals surface area contributed by atoms with Crippen LogP contribution in [0.1, 0.15) is 23.2 Å². The van der Waals surface area contributed by atoms with Crippen molar-refractivity contribution in [1.29, 1.82) is 0 Å². The largest absolute Gasteiger partial charge is 0.497 e. The number of methoxy groups -OCH3 is 1. The lowest BCUT2D eigenvalue weighted by Gasteiger charge is -2.17. The number of hydrogen-bond acceptors (Lipinski definition) is 3. The summed E-state index contributed by atoms with van der Waals surface area (Å²) in [7, 11) is 3.64. The third kappa shape index (κ3) is 2.09. The van der Waals surface area contributed by atoms with Gasteiger partial charge in [0.1, 0.15) is 5.75 Å². The summed E-state index contributed by atoms with van der Waals surface area (Å²) in [4.78, 5) is 14.3. The zero-order chi connectivity index (χ0) is 11.5. The van der Waals surface area contributed by atoms with E-state index in [1.807, 2.05) is 31.3 Å². The topological polar surface area (TPSA) is 29.5 Å². The molecule has 3 heteroatoms. The second-order valence-electron chi connectivity index (χ2n) is 4.23. The van der Waals surface area contributed by atoms with Crippen LogP contribution in [0.15, 0.2) is 24.3 Å². The maximum atomic E-state index is 12.2. The average Bonchev–Trinajstić information content (AvgIpc) is 2.75. The Hall–Kier alpha value is -1.35. The van der Waals surface area contributed by atoms with E-state index in [-0.39, 0.29) is 11.8 Å². The van der Waals surface area contributed by atoms with Crippen LogP contribution in [0.4, 0.5) is 0 Å². The van der Waals surface area contributed by atoms with Crippen LogP contribution in [0.3, 0.4) is 0 Å². The number of rotatable bonds is 3. The minimum Gasteiger partial charge on any atom is -0.497 e. The maximum absolute atomic E-state index is 12.2. The summed E-state index contributed by atoms with van der Waals surface area (Å²) < 4.78 is 5.07. The van der Waals surface area contributed by atoms with Crippen molar-refractivity contribution in [2.75, 3.05) is 20.7 Å². The molecular weight excluding hydrogens is 202 g/mol. The molecule has 1 heterocycles. The minimum atomic E-state index is 0.0633. The number of carbonyl (C=O) groups excluding carboxylic acids is 1. The predicted octanol–water partition coefficient (Wildman–Crippen LogP) is 1.97. The molecule has 1 aromatic rings. The van der Waals surface area contributed by atoms with Crippen LogP contribution in [-0.2, 0) is 0 Å². The molecule has 1 unspecified atom stereocenters. The lowest BCUT2D eigenvalue weighted by Crippen LogP contribution is -2.32. The molecule has 0 aliphatic carbocycles. The van der Waals surface area contributed by atoms with Gasteiger partial charge in [-0.1, -0.05) is 0 Å². The molecule has 0 saturated carbocycles. The molecule has 0 radical (unpaired) electrons. The van der Waals surface area contributed by atoms with Gasteiger partial charge in [0.2, 0.25) is 0 Å². The number of likely N-dealkylation sites (tertiary alicyclic amines) is 1. The third-order valence-corrected chi connectivity index (χ3v) is 3.20. The van der Waals surface area contributed by atoms with Crippen molar-refractivity contribution in [1.82, 2.24) is 4.90 Å². The lowest BCUT2D eigenvalue weighted by atomic mass is 10.0. The van der Waals surface area contributed by atoms with Crippen LogP contribution in [-0.4, -0.2) is 37.4 Å². The number of ketones is 1. The molecule has 1 atom stereocenters. The fourth-order valence-corrected chi connectivity index (χ4v) is 2.19. The van der Waals surface area contributed by atoms with Crippen LogP contribution in [0, 0.1) is 0 Å². The zero-order valence-corrected chi connectivity index (χ0v) is 9.77. The first kappa shape index (κ1) is 11.1. The quantitative estimate of drug-likeness (QED) is 0.728. The number of Topliss-reactive ketones (excluding diaryl/α,β-unsaturated/α-hetero) is 1. The summed E-state index contributed by atoms with van der Waals surface area (Å²) in [5.41, 5.74) is 0.777. The second kappa shape index (κ2) is 4.66. The summed E-state index contributed by atoms with van der Waals surface area (Å²) in [6.45, 7) is 1.02. The van der Waals surface area contributed by atoms with Crippen molar-refractivity contribution in [3.8, 4) is 5.75 Å². The van der Waals surface area contributed by atoms with Crippen molar-refractivity contribution in [2.24, 2.45) is 0 Å². The molecule has 3 nitrogen and oxygen atoms in total. The smallest absolute Gasteiger partial charge is 0.179 e. The average molecular weight is 219 g/mol. The number of hydrogen-bond donors (Lipinski definition) is 0. The molecule has 0 spiro atoms. The molecule has 1 fully saturated rings. The van der Waals surface area contributed by atoms with Crippen molar-refractivity contribution in [3.63, 3.8) is 0 Å².